The molecule has 16 nitrogen and oxygen atoms in total. The van der Waals surface area contributed by atoms with E-state index in [4.69, 9.17) is 19.2 Å². The number of benzene rings is 2. The number of anilines is 1. The molecule has 4 heterocycles. The number of hydrogen-bond acceptors (Lipinski definition) is 11. The van der Waals surface area contributed by atoms with Crippen LogP contribution in [0.4, 0.5) is 23.7 Å². The third-order valence-electron chi connectivity index (χ3n) is 14.8. The molecule has 0 unspecified atom stereocenters. The van der Waals surface area contributed by atoms with Gasteiger partial charge in [0.1, 0.15) is 35.0 Å². The summed E-state index contributed by atoms with van der Waals surface area (Å²) in [4.78, 5) is 65.9. The normalized spacial score (nSPS) is 28.0. The minimum absolute atomic E-state index is 0.0370. The highest BCUT2D eigenvalue weighted by Gasteiger charge is 2.64. The number of nitrogens with zero attached hydrogens (tertiary/aromatic N) is 4. The van der Waals surface area contributed by atoms with Crippen molar-refractivity contribution in [3.63, 3.8) is 0 Å². The molecule has 5 aliphatic rings. The smallest absolute Gasteiger partial charge is 0.411 e. The average molecular weight is 983 g/mol. The molecule has 3 N–H and O–H groups in total. The summed E-state index contributed by atoms with van der Waals surface area (Å²) in [6, 6.07) is 11.5. The van der Waals surface area contributed by atoms with Gasteiger partial charge in [-0.3, -0.25) is 24.0 Å². The number of ether oxygens (including phenoxy) is 3. The van der Waals surface area contributed by atoms with E-state index in [9.17, 15) is 41.1 Å². The summed E-state index contributed by atoms with van der Waals surface area (Å²) in [5.41, 5.74) is -2.53. The van der Waals surface area contributed by atoms with E-state index in [1.165, 1.54) is 21.0 Å². The van der Waals surface area contributed by atoms with Gasteiger partial charge in [0.15, 0.2) is 0 Å². The van der Waals surface area contributed by atoms with Crippen molar-refractivity contribution in [2.75, 3.05) is 44.9 Å². The number of aromatic nitrogens is 1. The van der Waals surface area contributed by atoms with Gasteiger partial charge in [-0.05, 0) is 113 Å². The number of hydrogen-bond donors (Lipinski definition) is 3. The summed E-state index contributed by atoms with van der Waals surface area (Å²) >= 11 is 0. The molecule has 2 aromatic carbocycles. The Morgan fingerprint density at radius 2 is 1.72 bits per heavy atom. The molecule has 374 valence electrons. The fourth-order valence-corrected chi connectivity index (χ4v) is 11.3. The van der Waals surface area contributed by atoms with Crippen LogP contribution in [0.5, 0.6) is 11.6 Å². The van der Waals surface area contributed by atoms with Gasteiger partial charge in [-0.2, -0.15) is 13.2 Å². The zero-order chi connectivity index (χ0) is 49.8. The maximum absolute atomic E-state index is 15.3. The number of rotatable bonds is 10. The first kappa shape index (κ1) is 49.8. The molecule has 2 saturated heterocycles. The Labute approximate surface area is 399 Å². The second-order valence-electron chi connectivity index (χ2n) is 20.2. The van der Waals surface area contributed by atoms with E-state index >= 15 is 4.79 Å². The minimum atomic E-state index is -5.12. The molecule has 0 bridgehead atoms. The van der Waals surface area contributed by atoms with Gasteiger partial charge in [0, 0.05) is 42.1 Å². The molecule has 69 heavy (non-hydrogen) atoms. The average Bonchev–Trinajstić information content (AvgIpc) is 4.18. The molecule has 3 aliphatic heterocycles. The van der Waals surface area contributed by atoms with Crippen LogP contribution in [0, 0.1) is 17.8 Å². The lowest BCUT2D eigenvalue weighted by atomic mass is 9.85. The van der Waals surface area contributed by atoms with Gasteiger partial charge in [-0.25, -0.2) is 18.2 Å². The predicted octanol–water partition coefficient (Wildman–Crippen LogP) is 6.67. The Kier molecular flexibility index (Phi) is 13.4. The fraction of sp³-hybridized carbons (Fsp3) is 0.571. The van der Waals surface area contributed by atoms with E-state index in [0.29, 0.717) is 75.0 Å². The number of allylic oxidation sites excluding steroid dienone is 1. The number of methoxy groups -OCH3 is 1. The number of fused-ring (bicyclic) bond motifs is 3. The van der Waals surface area contributed by atoms with Crippen molar-refractivity contribution in [2.24, 2.45) is 17.8 Å². The van der Waals surface area contributed by atoms with Crippen LogP contribution in [0.3, 0.4) is 0 Å². The molecule has 3 aromatic rings. The highest BCUT2D eigenvalue weighted by molar-refractivity contribution is 7.91. The maximum Gasteiger partial charge on any atom is 0.411 e. The lowest BCUT2D eigenvalue weighted by Gasteiger charge is -2.45. The molecule has 2 aliphatic carbocycles. The summed E-state index contributed by atoms with van der Waals surface area (Å²) in [6.45, 7) is 8.64. The maximum atomic E-state index is 15.3. The Balaban J connectivity index is 1.19. The van der Waals surface area contributed by atoms with Crippen molar-refractivity contribution >= 4 is 50.3 Å². The molecule has 4 fully saturated rings. The SMILES string of the molecule is COc1ccc2c(O[C@@H]3C[C@H]4C(=O)N[C@]5(C(=O)NS(=O)(=O)C6(C)CC6)C[C@H]5/C=C\CC[C@@H](C)C[C@@H](C)[C@H](N(C(=O)O)C(C)(C)C(F)(F)F)C(=O)N4C3)nc(-c3ccc(N4CCOCC4)cc3)cc2c1. The van der Waals surface area contributed by atoms with Gasteiger partial charge in [0.05, 0.1) is 37.3 Å². The number of carboxylic acid groups (broad SMARTS) is 1. The van der Waals surface area contributed by atoms with Gasteiger partial charge in [-0.1, -0.05) is 38.1 Å². The molecule has 4 amide bonds. The van der Waals surface area contributed by atoms with Crippen molar-refractivity contribution in [3.8, 4) is 22.9 Å². The van der Waals surface area contributed by atoms with Crippen LogP contribution in [0.25, 0.3) is 22.0 Å². The lowest BCUT2D eigenvalue weighted by molar-refractivity contribution is -0.222. The van der Waals surface area contributed by atoms with E-state index < -0.39 is 85.9 Å². The molecule has 8 rings (SSSR count). The highest BCUT2D eigenvalue weighted by Crippen LogP contribution is 2.48. The molecule has 0 spiro atoms. The van der Waals surface area contributed by atoms with Crippen LogP contribution in [0.2, 0.25) is 0 Å². The molecule has 20 heteroatoms. The highest BCUT2D eigenvalue weighted by atomic mass is 32.2. The lowest BCUT2D eigenvalue weighted by Crippen LogP contribution is -2.66. The predicted molar refractivity (Wildman–Crippen MR) is 250 cm³/mol. The number of pyridine rings is 1. The van der Waals surface area contributed by atoms with E-state index in [-0.39, 0.29) is 42.5 Å². The van der Waals surface area contributed by atoms with Gasteiger partial charge in [-0.15, -0.1) is 0 Å². The monoisotopic (exact) mass is 982 g/mol. The first-order valence-corrected chi connectivity index (χ1v) is 25.0. The van der Waals surface area contributed by atoms with Crippen molar-refractivity contribution in [2.45, 2.75) is 120 Å². The van der Waals surface area contributed by atoms with Gasteiger partial charge in [0.2, 0.25) is 27.7 Å². The third kappa shape index (κ3) is 9.79. The fourth-order valence-electron chi connectivity index (χ4n) is 9.98. The van der Waals surface area contributed by atoms with Crippen LogP contribution >= 0.6 is 0 Å². The summed E-state index contributed by atoms with van der Waals surface area (Å²) < 4.78 is 90.3. The van der Waals surface area contributed by atoms with Crippen molar-refractivity contribution < 1.29 is 60.1 Å². The Hall–Kier alpha value is -5.63. The number of alkyl halides is 3. The van der Waals surface area contributed by atoms with Crippen LogP contribution < -0.4 is 24.4 Å². The second kappa shape index (κ2) is 18.6. The van der Waals surface area contributed by atoms with Crippen LogP contribution in [0.15, 0.2) is 60.7 Å². The number of sulfonamides is 1. The van der Waals surface area contributed by atoms with Crippen molar-refractivity contribution in [1.29, 1.82) is 0 Å². The first-order chi connectivity index (χ1) is 32.5. The molecule has 7 atom stereocenters. The van der Waals surface area contributed by atoms with Crippen LogP contribution in [-0.2, 0) is 29.1 Å². The molecule has 1 aromatic heterocycles. The molecular weight excluding hydrogens is 922 g/mol. The zero-order valence-electron chi connectivity index (χ0n) is 39.7. The quantitative estimate of drug-likeness (QED) is 0.183. The number of halogens is 3. The van der Waals surface area contributed by atoms with Gasteiger partial charge >= 0.3 is 12.3 Å². The minimum Gasteiger partial charge on any atom is -0.497 e. The number of morpholine rings is 1. The summed E-state index contributed by atoms with van der Waals surface area (Å²) in [5.74, 6) is -4.04. The van der Waals surface area contributed by atoms with Crippen molar-refractivity contribution in [1.82, 2.24) is 24.8 Å². The summed E-state index contributed by atoms with van der Waals surface area (Å²) in [6.07, 6.45) is -3.01. The Morgan fingerprint density at radius 1 is 1.03 bits per heavy atom. The van der Waals surface area contributed by atoms with Crippen molar-refractivity contribution in [3.05, 3.63) is 60.7 Å². The van der Waals surface area contributed by atoms with E-state index in [1.807, 2.05) is 43.3 Å². The number of nitrogens with one attached hydrogen (secondary N) is 2. The standard InChI is InChI=1S/C49H61F3N6O10S/c1-29-9-7-8-10-33-27-48(33,44(61)55-69(64,65)47(5)17-18-47)54-41(59)39-26-36(28-57(39)43(60)40(30(2)23-29)58(45(62)63)46(3,4)49(50,51)52)68-42-37-16-15-35(66-6)24-32(37)25-38(53-42)31-11-13-34(14-12-31)56-19-21-67-22-20-56/h8,10-16,24-25,29-30,33,36,39-40H,7,9,17-23,26-28H2,1-6H3,(H,54,59)(H,55,61)(H,62,63)/b10-8-/t29-,30-,33-,36-,39+,40+,48-/m1/s1. The van der Waals surface area contributed by atoms with Crippen LogP contribution in [-0.4, -0.2) is 132 Å². The second-order valence-corrected chi connectivity index (χ2v) is 22.4. The Morgan fingerprint density at radius 3 is 2.36 bits per heavy atom. The number of carbonyl (C=O) groups is 4. The van der Waals surface area contributed by atoms with E-state index in [1.54, 1.807) is 24.3 Å². The van der Waals surface area contributed by atoms with Crippen LogP contribution in [0.1, 0.15) is 79.6 Å². The van der Waals surface area contributed by atoms with Gasteiger partial charge < -0.3 is 34.4 Å². The third-order valence-corrected chi connectivity index (χ3v) is 17.0. The summed E-state index contributed by atoms with van der Waals surface area (Å²) in [5, 5.41) is 14.6. The topological polar surface area (TPSA) is 197 Å². The molecular formula is C49H61F3N6O10S. The van der Waals surface area contributed by atoms with E-state index in [0.717, 1.165) is 29.2 Å². The first-order valence-electron chi connectivity index (χ1n) is 23.5. The zero-order valence-corrected chi connectivity index (χ0v) is 40.5. The van der Waals surface area contributed by atoms with E-state index in [2.05, 4.69) is 14.9 Å². The molecule has 0 radical (unpaired) electrons. The summed E-state index contributed by atoms with van der Waals surface area (Å²) in [7, 11) is -2.62. The number of amides is 4. The largest absolute Gasteiger partial charge is 0.497 e. The van der Waals surface area contributed by atoms with Gasteiger partial charge in [0.25, 0.3) is 5.91 Å². The Bertz CT molecular complexity index is 2620. The molecule has 2 saturated carbocycles. The number of carbonyl (C=O) groups excluding carboxylic acids is 3.